The van der Waals surface area contributed by atoms with Gasteiger partial charge >= 0.3 is 0 Å². The van der Waals surface area contributed by atoms with Crippen molar-refractivity contribution in [3.63, 3.8) is 0 Å². The Morgan fingerprint density at radius 1 is 1.11 bits per heavy atom. The highest BCUT2D eigenvalue weighted by atomic mass is 32.2. The van der Waals surface area contributed by atoms with Gasteiger partial charge in [-0.15, -0.1) is 11.3 Å². The molecule has 0 fully saturated rings. The van der Waals surface area contributed by atoms with Gasteiger partial charge in [0, 0.05) is 29.8 Å². The molecule has 0 saturated heterocycles. The van der Waals surface area contributed by atoms with Crippen LogP contribution in [0.3, 0.4) is 0 Å². The van der Waals surface area contributed by atoms with Gasteiger partial charge in [0.1, 0.15) is 4.21 Å². The zero-order valence-electron chi connectivity index (χ0n) is 16.2. The van der Waals surface area contributed by atoms with Crippen molar-refractivity contribution in [3.8, 4) is 0 Å². The SMILES string of the molecule is Cc1[nH]c2c(c1Cc1ccccc1S(=O)(=O)c1cccs1)C(=O)CC(C)(C)C2. The number of aromatic nitrogens is 1. The number of aromatic amines is 1. The highest BCUT2D eigenvalue weighted by Crippen LogP contribution is 2.38. The third-order valence-corrected chi connectivity index (χ3v) is 8.61. The molecule has 4 nitrogen and oxygen atoms in total. The van der Waals surface area contributed by atoms with Crippen LogP contribution in [0.25, 0.3) is 0 Å². The standard InChI is InChI=1S/C22H23NO3S2/c1-14-16(21-17(23-14)12-22(2,3)13-18(21)24)11-15-7-4-5-8-19(15)28(25,26)20-9-6-10-27-20/h4-10,23H,11-13H2,1-3H3. The van der Waals surface area contributed by atoms with Crippen LogP contribution in [-0.4, -0.2) is 19.2 Å². The molecule has 2 heterocycles. The van der Waals surface area contributed by atoms with Gasteiger partial charge in [-0.3, -0.25) is 4.79 Å². The monoisotopic (exact) mass is 413 g/mol. The van der Waals surface area contributed by atoms with Crippen molar-refractivity contribution < 1.29 is 13.2 Å². The lowest BCUT2D eigenvalue weighted by Gasteiger charge is -2.28. The van der Waals surface area contributed by atoms with Crippen LogP contribution in [0, 0.1) is 12.3 Å². The maximum atomic E-state index is 13.1. The average Bonchev–Trinajstić information content (AvgIpc) is 3.23. The molecule has 4 rings (SSSR count). The fraction of sp³-hybridized carbons (Fsp3) is 0.318. The summed E-state index contributed by atoms with van der Waals surface area (Å²) in [6.07, 6.45) is 1.76. The van der Waals surface area contributed by atoms with E-state index in [9.17, 15) is 13.2 Å². The fourth-order valence-electron chi connectivity index (χ4n) is 4.12. The van der Waals surface area contributed by atoms with Crippen molar-refractivity contribution in [1.29, 1.82) is 0 Å². The molecule has 6 heteroatoms. The molecule has 0 spiro atoms. The number of H-pyrrole nitrogens is 1. The number of hydrogen-bond donors (Lipinski definition) is 1. The lowest BCUT2D eigenvalue weighted by Crippen LogP contribution is -2.27. The molecule has 0 unspecified atom stereocenters. The first kappa shape index (κ1) is 19.2. The van der Waals surface area contributed by atoms with Crippen molar-refractivity contribution >= 4 is 27.0 Å². The summed E-state index contributed by atoms with van der Waals surface area (Å²) in [5, 5.41) is 1.77. The summed E-state index contributed by atoms with van der Waals surface area (Å²) in [5.74, 6) is 0.143. The molecule has 0 radical (unpaired) electrons. The minimum Gasteiger partial charge on any atom is -0.362 e. The molecule has 1 aliphatic carbocycles. The van der Waals surface area contributed by atoms with Gasteiger partial charge < -0.3 is 4.98 Å². The number of ketones is 1. The maximum Gasteiger partial charge on any atom is 0.216 e. The summed E-state index contributed by atoms with van der Waals surface area (Å²) in [5.41, 5.74) is 4.27. The summed E-state index contributed by atoms with van der Waals surface area (Å²) in [6.45, 7) is 6.17. The van der Waals surface area contributed by atoms with Crippen molar-refractivity contribution in [3.05, 3.63) is 69.9 Å². The van der Waals surface area contributed by atoms with Crippen molar-refractivity contribution in [2.45, 2.75) is 49.1 Å². The van der Waals surface area contributed by atoms with Crippen LogP contribution in [0.15, 0.2) is 50.9 Å². The van der Waals surface area contributed by atoms with Crippen LogP contribution in [0.4, 0.5) is 0 Å². The largest absolute Gasteiger partial charge is 0.362 e. The van der Waals surface area contributed by atoms with Gasteiger partial charge in [-0.05, 0) is 47.4 Å². The zero-order valence-corrected chi connectivity index (χ0v) is 17.8. The molecule has 0 aliphatic heterocycles. The topological polar surface area (TPSA) is 67.0 Å². The lowest BCUT2D eigenvalue weighted by molar-refractivity contribution is 0.0911. The van der Waals surface area contributed by atoms with E-state index in [1.54, 1.807) is 29.6 Å². The zero-order chi connectivity index (χ0) is 20.1. The molecule has 28 heavy (non-hydrogen) atoms. The number of rotatable bonds is 4. The molecule has 0 atom stereocenters. The fourth-order valence-corrected chi connectivity index (χ4v) is 6.72. The summed E-state index contributed by atoms with van der Waals surface area (Å²) in [7, 11) is -3.57. The third-order valence-electron chi connectivity index (χ3n) is 5.36. The number of sulfone groups is 1. The lowest BCUT2D eigenvalue weighted by atomic mass is 9.75. The number of carbonyl (C=O) groups is 1. The van der Waals surface area contributed by atoms with Crippen LogP contribution in [0.1, 0.15) is 53.1 Å². The number of carbonyl (C=O) groups excluding carboxylic acids is 1. The second-order valence-electron chi connectivity index (χ2n) is 8.24. The Balaban J connectivity index is 1.79. The van der Waals surface area contributed by atoms with E-state index in [0.717, 1.165) is 34.5 Å². The predicted molar refractivity (Wildman–Crippen MR) is 111 cm³/mol. The Labute approximate surface area is 169 Å². The van der Waals surface area contributed by atoms with Gasteiger partial charge in [0.05, 0.1) is 4.90 Å². The first-order valence-electron chi connectivity index (χ1n) is 9.29. The van der Waals surface area contributed by atoms with Crippen LogP contribution in [0.2, 0.25) is 0 Å². The molecule has 3 aromatic rings. The van der Waals surface area contributed by atoms with Crippen LogP contribution in [0.5, 0.6) is 0 Å². The van der Waals surface area contributed by atoms with Gasteiger partial charge in [-0.2, -0.15) is 0 Å². The van der Waals surface area contributed by atoms with Crippen molar-refractivity contribution in [2.75, 3.05) is 0 Å². The van der Waals surface area contributed by atoms with E-state index in [4.69, 9.17) is 0 Å². The van der Waals surface area contributed by atoms with E-state index in [0.29, 0.717) is 21.9 Å². The normalized spacial score (nSPS) is 16.2. The van der Waals surface area contributed by atoms with E-state index in [1.165, 1.54) is 11.3 Å². The Morgan fingerprint density at radius 3 is 2.57 bits per heavy atom. The number of benzene rings is 1. The van der Waals surface area contributed by atoms with Crippen LogP contribution < -0.4 is 0 Å². The van der Waals surface area contributed by atoms with Crippen molar-refractivity contribution in [2.24, 2.45) is 5.41 Å². The van der Waals surface area contributed by atoms with Gasteiger partial charge in [-0.25, -0.2) is 8.42 Å². The maximum absolute atomic E-state index is 13.1. The highest BCUT2D eigenvalue weighted by Gasteiger charge is 2.35. The molecule has 2 aromatic heterocycles. The highest BCUT2D eigenvalue weighted by molar-refractivity contribution is 7.93. The van der Waals surface area contributed by atoms with E-state index in [2.05, 4.69) is 18.8 Å². The molecule has 1 aliphatic rings. The van der Waals surface area contributed by atoms with E-state index in [1.807, 2.05) is 19.1 Å². The van der Waals surface area contributed by atoms with Gasteiger partial charge in [0.25, 0.3) is 0 Å². The Bertz CT molecular complexity index is 1150. The van der Waals surface area contributed by atoms with E-state index in [-0.39, 0.29) is 11.2 Å². The Kier molecular flexibility index (Phi) is 4.59. The summed E-state index contributed by atoms with van der Waals surface area (Å²) in [6, 6.07) is 10.5. The molecule has 1 N–H and O–H groups in total. The molecular weight excluding hydrogens is 390 g/mol. The number of thiophene rings is 1. The Morgan fingerprint density at radius 2 is 1.86 bits per heavy atom. The quantitative estimate of drug-likeness (QED) is 0.657. The minimum absolute atomic E-state index is 0.0565. The molecule has 0 amide bonds. The summed E-state index contributed by atoms with van der Waals surface area (Å²) in [4.78, 5) is 16.6. The van der Waals surface area contributed by atoms with E-state index < -0.39 is 9.84 Å². The molecule has 146 valence electrons. The second kappa shape index (κ2) is 6.71. The summed E-state index contributed by atoms with van der Waals surface area (Å²) < 4.78 is 26.5. The molecule has 0 saturated carbocycles. The van der Waals surface area contributed by atoms with Gasteiger partial charge in [0.15, 0.2) is 5.78 Å². The minimum atomic E-state index is -3.57. The first-order chi connectivity index (χ1) is 13.2. The second-order valence-corrected chi connectivity index (χ2v) is 11.3. The van der Waals surface area contributed by atoms with E-state index >= 15 is 0 Å². The van der Waals surface area contributed by atoms with Crippen LogP contribution >= 0.6 is 11.3 Å². The number of aryl methyl sites for hydroxylation is 1. The molecule has 0 bridgehead atoms. The number of hydrogen-bond acceptors (Lipinski definition) is 4. The van der Waals surface area contributed by atoms with Crippen molar-refractivity contribution in [1.82, 2.24) is 4.98 Å². The number of Topliss-reactive ketones (excluding diaryl/α,β-unsaturated/α-hetero) is 1. The smallest absolute Gasteiger partial charge is 0.216 e. The number of fused-ring (bicyclic) bond motifs is 1. The van der Waals surface area contributed by atoms with Gasteiger partial charge in [0.2, 0.25) is 9.84 Å². The third kappa shape index (κ3) is 3.25. The van der Waals surface area contributed by atoms with Gasteiger partial charge in [-0.1, -0.05) is 38.1 Å². The first-order valence-corrected chi connectivity index (χ1v) is 11.7. The van der Waals surface area contributed by atoms with Crippen LogP contribution in [-0.2, 0) is 22.7 Å². The average molecular weight is 414 g/mol. The summed E-state index contributed by atoms with van der Waals surface area (Å²) >= 11 is 1.22. The number of nitrogens with one attached hydrogen (secondary N) is 1. The Hall–Kier alpha value is -2.18. The molecular formula is C22H23NO3S2. The predicted octanol–water partition coefficient (Wildman–Crippen LogP) is 4.96. The molecule has 1 aromatic carbocycles.